The number of sulfone groups is 1. The summed E-state index contributed by atoms with van der Waals surface area (Å²) in [4.78, 5) is 13.7. The highest BCUT2D eigenvalue weighted by molar-refractivity contribution is 7.91. The number of carbonyl (C=O) groups is 1. The lowest BCUT2D eigenvalue weighted by Crippen LogP contribution is -2.53. The topological polar surface area (TPSA) is 66.5 Å². The van der Waals surface area contributed by atoms with Crippen molar-refractivity contribution in [3.8, 4) is 0 Å². The van der Waals surface area contributed by atoms with Crippen molar-refractivity contribution in [1.82, 2.24) is 10.2 Å². The molecular formula is C10H20N2O3S. The van der Waals surface area contributed by atoms with Crippen LogP contribution in [0.2, 0.25) is 0 Å². The number of nitrogens with zero attached hydrogens (tertiary/aromatic N) is 1. The summed E-state index contributed by atoms with van der Waals surface area (Å²) in [6.45, 7) is 6.02. The highest BCUT2D eigenvalue weighted by Gasteiger charge is 2.37. The summed E-state index contributed by atoms with van der Waals surface area (Å²) < 4.78 is 23.3. The molecule has 1 amide bonds. The molecule has 1 heterocycles. The second kappa shape index (κ2) is 4.33. The summed E-state index contributed by atoms with van der Waals surface area (Å²) in [6, 6.07) is -0.619. The fraction of sp³-hybridized carbons (Fsp3) is 0.900. The Balaban J connectivity index is 3.04. The zero-order valence-electron chi connectivity index (χ0n) is 10.3. The van der Waals surface area contributed by atoms with Gasteiger partial charge in [-0.05, 0) is 27.8 Å². The smallest absolute Gasteiger partial charge is 0.241 e. The fourth-order valence-electron chi connectivity index (χ4n) is 1.81. The zero-order chi connectivity index (χ0) is 12.6. The fourth-order valence-corrected chi connectivity index (χ4v) is 3.25. The number of amides is 1. The molecule has 94 valence electrons. The number of rotatable bonds is 1. The van der Waals surface area contributed by atoms with E-state index in [2.05, 4.69) is 5.32 Å². The second-order valence-electron chi connectivity index (χ2n) is 5.12. The molecule has 1 N–H and O–H groups in total. The van der Waals surface area contributed by atoms with Crippen molar-refractivity contribution in [2.75, 3.05) is 25.1 Å². The van der Waals surface area contributed by atoms with Gasteiger partial charge in [-0.15, -0.1) is 0 Å². The van der Waals surface area contributed by atoms with Gasteiger partial charge in [0, 0.05) is 12.1 Å². The molecule has 0 radical (unpaired) electrons. The van der Waals surface area contributed by atoms with Gasteiger partial charge >= 0.3 is 0 Å². The molecule has 6 heteroatoms. The van der Waals surface area contributed by atoms with Crippen molar-refractivity contribution in [3.05, 3.63) is 0 Å². The molecule has 1 unspecified atom stereocenters. The molecule has 0 saturated carbocycles. The molecule has 0 spiro atoms. The monoisotopic (exact) mass is 248 g/mol. The van der Waals surface area contributed by atoms with Gasteiger partial charge in [0.05, 0.1) is 11.5 Å². The molecule has 16 heavy (non-hydrogen) atoms. The first-order valence-corrected chi connectivity index (χ1v) is 7.19. The van der Waals surface area contributed by atoms with E-state index in [4.69, 9.17) is 0 Å². The van der Waals surface area contributed by atoms with Crippen LogP contribution in [0.4, 0.5) is 0 Å². The Hall–Kier alpha value is -0.620. The Morgan fingerprint density at radius 1 is 1.38 bits per heavy atom. The normalized spacial score (nSPS) is 26.6. The van der Waals surface area contributed by atoms with Gasteiger partial charge in [-0.2, -0.15) is 0 Å². The Morgan fingerprint density at radius 3 is 2.38 bits per heavy atom. The third kappa shape index (κ3) is 2.95. The lowest BCUT2D eigenvalue weighted by Gasteiger charge is -2.36. The molecule has 1 rings (SSSR count). The Bertz CT molecular complexity index is 370. The standard InChI is InChI=1S/C10H20N2O3S/c1-10(2,3)12-5-6-16(14,15)7-8(11-4)9(12)13/h8,11H,5-7H2,1-4H3. The number of carbonyl (C=O) groups excluding carboxylic acids is 1. The summed E-state index contributed by atoms with van der Waals surface area (Å²) in [6.07, 6.45) is 0. The van der Waals surface area contributed by atoms with Crippen LogP contribution < -0.4 is 5.32 Å². The second-order valence-corrected chi connectivity index (χ2v) is 7.35. The van der Waals surface area contributed by atoms with E-state index in [0.717, 1.165) is 0 Å². The molecule has 0 aromatic carbocycles. The van der Waals surface area contributed by atoms with Crippen LogP contribution in [-0.2, 0) is 14.6 Å². The van der Waals surface area contributed by atoms with Crippen LogP contribution in [0.5, 0.6) is 0 Å². The Kier molecular flexibility index (Phi) is 3.64. The van der Waals surface area contributed by atoms with Crippen molar-refractivity contribution in [1.29, 1.82) is 0 Å². The van der Waals surface area contributed by atoms with Gasteiger partial charge in [0.25, 0.3) is 0 Å². The number of likely N-dealkylation sites (N-methyl/N-ethyl adjacent to an activating group) is 1. The quantitative estimate of drug-likeness (QED) is 0.687. The largest absolute Gasteiger partial charge is 0.335 e. The van der Waals surface area contributed by atoms with Crippen LogP contribution in [0.25, 0.3) is 0 Å². The highest BCUT2D eigenvalue weighted by atomic mass is 32.2. The predicted octanol–water partition coefficient (Wildman–Crippen LogP) is -0.370. The van der Waals surface area contributed by atoms with Crippen LogP contribution in [-0.4, -0.2) is 55.9 Å². The van der Waals surface area contributed by atoms with Crippen molar-refractivity contribution in [3.63, 3.8) is 0 Å². The van der Waals surface area contributed by atoms with Crippen molar-refractivity contribution in [2.24, 2.45) is 0 Å². The van der Waals surface area contributed by atoms with Gasteiger partial charge in [-0.1, -0.05) is 0 Å². The average molecular weight is 248 g/mol. The van der Waals surface area contributed by atoms with Gasteiger partial charge in [-0.25, -0.2) is 8.42 Å². The minimum Gasteiger partial charge on any atom is -0.335 e. The summed E-state index contributed by atoms with van der Waals surface area (Å²) in [5.74, 6) is -0.181. The highest BCUT2D eigenvalue weighted by Crippen LogP contribution is 2.18. The third-order valence-corrected chi connectivity index (χ3v) is 4.41. The molecule has 0 bridgehead atoms. The van der Waals surface area contributed by atoms with Crippen molar-refractivity contribution < 1.29 is 13.2 Å². The van der Waals surface area contributed by atoms with Gasteiger partial charge in [0.1, 0.15) is 6.04 Å². The van der Waals surface area contributed by atoms with Crippen LogP contribution >= 0.6 is 0 Å². The maximum absolute atomic E-state index is 12.1. The van der Waals surface area contributed by atoms with Crippen LogP contribution in [0.15, 0.2) is 0 Å². The molecule has 1 fully saturated rings. The maximum Gasteiger partial charge on any atom is 0.241 e. The van der Waals surface area contributed by atoms with E-state index in [-0.39, 0.29) is 29.5 Å². The molecule has 5 nitrogen and oxygen atoms in total. The number of hydrogen-bond acceptors (Lipinski definition) is 4. The summed E-state index contributed by atoms with van der Waals surface area (Å²) >= 11 is 0. The van der Waals surface area contributed by atoms with E-state index in [9.17, 15) is 13.2 Å². The third-order valence-electron chi connectivity index (χ3n) is 2.77. The predicted molar refractivity (Wildman–Crippen MR) is 63.0 cm³/mol. The lowest BCUT2D eigenvalue weighted by molar-refractivity contribution is -0.136. The van der Waals surface area contributed by atoms with E-state index < -0.39 is 15.9 Å². The first-order valence-electron chi connectivity index (χ1n) is 5.36. The minimum absolute atomic E-state index is 0.0498. The Labute approximate surface area is 97.1 Å². The first-order chi connectivity index (χ1) is 7.17. The SMILES string of the molecule is CNC1CS(=O)(=O)CCN(C(C)(C)C)C1=O. The van der Waals surface area contributed by atoms with Gasteiger partial charge in [0.2, 0.25) is 5.91 Å². The number of hydrogen-bond donors (Lipinski definition) is 1. The van der Waals surface area contributed by atoms with E-state index in [0.29, 0.717) is 0 Å². The van der Waals surface area contributed by atoms with E-state index >= 15 is 0 Å². The van der Waals surface area contributed by atoms with Gasteiger partial charge < -0.3 is 10.2 Å². The van der Waals surface area contributed by atoms with Gasteiger partial charge in [0.15, 0.2) is 9.84 Å². The average Bonchev–Trinajstić information content (AvgIpc) is 2.22. The lowest BCUT2D eigenvalue weighted by atomic mass is 10.0. The summed E-state index contributed by atoms with van der Waals surface area (Å²) in [5.41, 5.74) is -0.341. The van der Waals surface area contributed by atoms with Crippen LogP contribution in [0.1, 0.15) is 20.8 Å². The summed E-state index contributed by atoms with van der Waals surface area (Å²) in [5, 5.41) is 2.78. The molecule has 1 atom stereocenters. The summed E-state index contributed by atoms with van der Waals surface area (Å²) in [7, 11) is -1.52. The van der Waals surface area contributed by atoms with Crippen LogP contribution in [0.3, 0.4) is 0 Å². The molecule has 0 aromatic rings. The maximum atomic E-state index is 12.1. The van der Waals surface area contributed by atoms with Gasteiger partial charge in [-0.3, -0.25) is 4.79 Å². The van der Waals surface area contributed by atoms with Crippen molar-refractivity contribution in [2.45, 2.75) is 32.4 Å². The Morgan fingerprint density at radius 2 is 1.94 bits per heavy atom. The van der Waals surface area contributed by atoms with E-state index in [1.807, 2.05) is 20.8 Å². The van der Waals surface area contributed by atoms with Crippen molar-refractivity contribution >= 4 is 15.7 Å². The molecular weight excluding hydrogens is 228 g/mol. The molecule has 0 aromatic heterocycles. The zero-order valence-corrected chi connectivity index (χ0v) is 11.1. The molecule has 1 aliphatic heterocycles. The molecule has 0 aliphatic carbocycles. The van der Waals surface area contributed by atoms with E-state index in [1.54, 1.807) is 11.9 Å². The molecule has 1 aliphatic rings. The minimum atomic E-state index is -3.13. The number of nitrogens with one attached hydrogen (secondary N) is 1. The molecule has 1 saturated heterocycles. The van der Waals surface area contributed by atoms with E-state index in [1.165, 1.54) is 0 Å². The van der Waals surface area contributed by atoms with Crippen LogP contribution in [0, 0.1) is 0 Å². The first kappa shape index (κ1) is 13.4.